The van der Waals surface area contributed by atoms with Crippen molar-refractivity contribution < 1.29 is 9.53 Å². The number of carbonyl (C=O) groups is 1. The van der Waals surface area contributed by atoms with Gasteiger partial charge in [0, 0.05) is 6.04 Å². The summed E-state index contributed by atoms with van der Waals surface area (Å²) in [6.07, 6.45) is 1.80. The molecule has 0 saturated carbocycles. The first-order valence-corrected chi connectivity index (χ1v) is 9.80. The van der Waals surface area contributed by atoms with E-state index in [9.17, 15) is 4.79 Å². The molecule has 3 aromatic carbocycles. The highest BCUT2D eigenvalue weighted by Gasteiger charge is 2.10. The van der Waals surface area contributed by atoms with Crippen LogP contribution in [0.2, 0.25) is 5.02 Å². The van der Waals surface area contributed by atoms with Crippen LogP contribution in [0.5, 0.6) is 5.75 Å². The Morgan fingerprint density at radius 3 is 2.32 bits per heavy atom. The SMILES string of the molecule is C[C@@H](CCc1ccccc1)NC(=O)COc1ccc(-c2ccccc2)cc1Cl. The van der Waals surface area contributed by atoms with E-state index in [1.54, 1.807) is 6.07 Å². The molecule has 0 aliphatic rings. The molecular formula is C24H24ClNO2. The number of aryl methyl sites for hydroxylation is 1. The van der Waals surface area contributed by atoms with E-state index in [0.29, 0.717) is 10.8 Å². The van der Waals surface area contributed by atoms with E-state index in [4.69, 9.17) is 16.3 Å². The van der Waals surface area contributed by atoms with Crippen LogP contribution in [0, 0.1) is 0 Å². The molecule has 0 aliphatic carbocycles. The molecule has 0 saturated heterocycles. The number of halogens is 1. The predicted molar refractivity (Wildman–Crippen MR) is 115 cm³/mol. The van der Waals surface area contributed by atoms with Crippen LogP contribution in [-0.2, 0) is 11.2 Å². The van der Waals surface area contributed by atoms with E-state index >= 15 is 0 Å². The molecule has 1 amide bonds. The van der Waals surface area contributed by atoms with E-state index in [-0.39, 0.29) is 18.6 Å². The molecule has 28 heavy (non-hydrogen) atoms. The Bertz CT molecular complexity index is 897. The van der Waals surface area contributed by atoms with Crippen LogP contribution in [-0.4, -0.2) is 18.6 Å². The summed E-state index contributed by atoms with van der Waals surface area (Å²) in [5, 5.41) is 3.46. The molecule has 0 bridgehead atoms. The van der Waals surface area contributed by atoms with Crippen molar-refractivity contribution in [2.75, 3.05) is 6.61 Å². The fourth-order valence-corrected chi connectivity index (χ4v) is 3.22. The molecule has 1 atom stereocenters. The summed E-state index contributed by atoms with van der Waals surface area (Å²) in [6.45, 7) is 1.95. The minimum atomic E-state index is -0.149. The van der Waals surface area contributed by atoms with Gasteiger partial charge in [-0.25, -0.2) is 0 Å². The molecule has 3 rings (SSSR count). The fourth-order valence-electron chi connectivity index (χ4n) is 2.99. The summed E-state index contributed by atoms with van der Waals surface area (Å²) < 4.78 is 5.61. The average molecular weight is 394 g/mol. The molecule has 144 valence electrons. The molecule has 3 nitrogen and oxygen atoms in total. The number of ether oxygens (including phenoxy) is 1. The van der Waals surface area contributed by atoms with Crippen molar-refractivity contribution in [3.8, 4) is 16.9 Å². The smallest absolute Gasteiger partial charge is 0.258 e. The number of rotatable bonds is 8. The van der Waals surface area contributed by atoms with E-state index in [1.807, 2.05) is 67.6 Å². The van der Waals surface area contributed by atoms with Crippen molar-refractivity contribution in [3.63, 3.8) is 0 Å². The van der Waals surface area contributed by atoms with Crippen molar-refractivity contribution in [2.45, 2.75) is 25.8 Å². The molecule has 0 aliphatic heterocycles. The molecule has 1 N–H and O–H groups in total. The van der Waals surface area contributed by atoms with Gasteiger partial charge in [-0.2, -0.15) is 0 Å². The Morgan fingerprint density at radius 1 is 0.964 bits per heavy atom. The molecule has 4 heteroatoms. The van der Waals surface area contributed by atoms with Crippen LogP contribution >= 0.6 is 11.6 Å². The Hall–Kier alpha value is -2.78. The maximum absolute atomic E-state index is 12.2. The standard InChI is InChI=1S/C24H24ClNO2/c1-18(12-13-19-8-4-2-5-9-19)26-24(27)17-28-23-15-14-21(16-22(23)25)20-10-6-3-7-11-20/h2-11,14-16,18H,12-13,17H2,1H3,(H,26,27)/t18-/m0/s1. The highest BCUT2D eigenvalue weighted by Crippen LogP contribution is 2.30. The van der Waals surface area contributed by atoms with Gasteiger partial charge in [-0.3, -0.25) is 4.79 Å². The molecule has 0 unspecified atom stereocenters. The molecule has 3 aromatic rings. The Morgan fingerprint density at radius 2 is 1.64 bits per heavy atom. The molecule has 0 spiro atoms. The van der Waals surface area contributed by atoms with Crippen molar-refractivity contribution in [3.05, 3.63) is 89.4 Å². The minimum Gasteiger partial charge on any atom is -0.482 e. The first-order chi connectivity index (χ1) is 13.6. The lowest BCUT2D eigenvalue weighted by Crippen LogP contribution is -2.36. The van der Waals surface area contributed by atoms with Crippen LogP contribution in [0.15, 0.2) is 78.9 Å². The highest BCUT2D eigenvalue weighted by atomic mass is 35.5. The Kier molecular flexibility index (Phi) is 7.10. The number of amides is 1. The number of carbonyl (C=O) groups excluding carboxylic acids is 1. The van der Waals surface area contributed by atoms with E-state index in [0.717, 1.165) is 24.0 Å². The third kappa shape index (κ3) is 5.86. The van der Waals surface area contributed by atoms with Gasteiger partial charge in [0.15, 0.2) is 6.61 Å². The summed E-state index contributed by atoms with van der Waals surface area (Å²) >= 11 is 6.33. The number of hydrogen-bond acceptors (Lipinski definition) is 2. The zero-order chi connectivity index (χ0) is 19.8. The maximum Gasteiger partial charge on any atom is 0.258 e. The molecule has 0 heterocycles. The third-order valence-electron chi connectivity index (χ3n) is 4.51. The average Bonchev–Trinajstić information content (AvgIpc) is 2.73. The molecular weight excluding hydrogens is 370 g/mol. The summed E-state index contributed by atoms with van der Waals surface area (Å²) in [5.74, 6) is 0.359. The van der Waals surface area contributed by atoms with Gasteiger partial charge in [-0.15, -0.1) is 0 Å². The van der Waals surface area contributed by atoms with Crippen LogP contribution in [0.4, 0.5) is 0 Å². The van der Waals surface area contributed by atoms with E-state index in [1.165, 1.54) is 5.56 Å². The van der Waals surface area contributed by atoms with Crippen molar-refractivity contribution in [2.24, 2.45) is 0 Å². The Balaban J connectivity index is 1.47. The summed E-state index contributed by atoms with van der Waals surface area (Å²) in [6, 6.07) is 25.9. The quantitative estimate of drug-likeness (QED) is 0.547. The molecule has 0 radical (unpaired) electrons. The number of nitrogens with one attached hydrogen (secondary N) is 1. The molecule has 0 fully saturated rings. The predicted octanol–water partition coefficient (Wildman–Crippen LogP) is 5.52. The zero-order valence-electron chi connectivity index (χ0n) is 15.9. The van der Waals surface area contributed by atoms with Gasteiger partial charge in [0.05, 0.1) is 5.02 Å². The van der Waals surface area contributed by atoms with Gasteiger partial charge in [0.1, 0.15) is 5.75 Å². The lowest BCUT2D eigenvalue weighted by atomic mass is 10.1. The second-order valence-corrected chi connectivity index (χ2v) is 7.20. The summed E-state index contributed by atoms with van der Waals surface area (Å²) in [5.41, 5.74) is 3.36. The maximum atomic E-state index is 12.2. The fraction of sp³-hybridized carbons (Fsp3) is 0.208. The first-order valence-electron chi connectivity index (χ1n) is 9.43. The topological polar surface area (TPSA) is 38.3 Å². The van der Waals surface area contributed by atoms with Crippen LogP contribution in [0.3, 0.4) is 0 Å². The largest absolute Gasteiger partial charge is 0.482 e. The van der Waals surface area contributed by atoms with E-state index in [2.05, 4.69) is 17.4 Å². The van der Waals surface area contributed by atoms with E-state index < -0.39 is 0 Å². The van der Waals surface area contributed by atoms with Gasteiger partial charge in [0.25, 0.3) is 5.91 Å². The van der Waals surface area contributed by atoms with Gasteiger partial charge >= 0.3 is 0 Å². The second-order valence-electron chi connectivity index (χ2n) is 6.79. The lowest BCUT2D eigenvalue weighted by Gasteiger charge is -2.15. The normalized spacial score (nSPS) is 11.6. The van der Waals surface area contributed by atoms with Crippen LogP contribution < -0.4 is 10.1 Å². The van der Waals surface area contributed by atoms with Gasteiger partial charge in [0.2, 0.25) is 0 Å². The number of benzene rings is 3. The van der Waals surface area contributed by atoms with Gasteiger partial charge in [-0.1, -0.05) is 78.3 Å². The van der Waals surface area contributed by atoms with Crippen molar-refractivity contribution in [1.29, 1.82) is 0 Å². The summed E-state index contributed by atoms with van der Waals surface area (Å²) in [7, 11) is 0. The van der Waals surface area contributed by atoms with Crippen molar-refractivity contribution in [1.82, 2.24) is 5.32 Å². The first kappa shape index (κ1) is 20.0. The highest BCUT2D eigenvalue weighted by molar-refractivity contribution is 6.32. The zero-order valence-corrected chi connectivity index (χ0v) is 16.7. The number of hydrogen-bond donors (Lipinski definition) is 1. The lowest BCUT2D eigenvalue weighted by molar-refractivity contribution is -0.123. The monoisotopic (exact) mass is 393 g/mol. The van der Waals surface area contributed by atoms with Gasteiger partial charge in [-0.05, 0) is 48.6 Å². The van der Waals surface area contributed by atoms with Crippen LogP contribution in [0.25, 0.3) is 11.1 Å². The molecule has 0 aromatic heterocycles. The minimum absolute atomic E-state index is 0.0555. The Labute approximate surface area is 171 Å². The second kappa shape index (κ2) is 9.95. The third-order valence-corrected chi connectivity index (χ3v) is 4.81. The summed E-state index contributed by atoms with van der Waals surface area (Å²) in [4.78, 5) is 12.2. The van der Waals surface area contributed by atoms with Crippen molar-refractivity contribution >= 4 is 17.5 Å². The van der Waals surface area contributed by atoms with Crippen LogP contribution in [0.1, 0.15) is 18.9 Å². The van der Waals surface area contributed by atoms with Gasteiger partial charge < -0.3 is 10.1 Å².